The molecule has 0 fully saturated rings. The van der Waals surface area contributed by atoms with Crippen molar-refractivity contribution in [3.8, 4) is 0 Å². The lowest BCUT2D eigenvalue weighted by molar-refractivity contribution is -0.142. The highest BCUT2D eigenvalue weighted by atomic mass is 19.1. The molecule has 4 heteroatoms. The van der Waals surface area contributed by atoms with Crippen molar-refractivity contribution >= 4 is 5.97 Å². The Bertz CT molecular complexity index is 432. The molecule has 0 aliphatic carbocycles. The summed E-state index contributed by atoms with van der Waals surface area (Å²) in [6, 6.07) is 4.94. The highest BCUT2D eigenvalue weighted by Gasteiger charge is 2.18. The zero-order valence-corrected chi connectivity index (χ0v) is 11.7. The molecule has 106 valence electrons. The van der Waals surface area contributed by atoms with Crippen molar-refractivity contribution in [2.75, 3.05) is 6.54 Å². The van der Waals surface area contributed by atoms with Gasteiger partial charge in [-0.2, -0.15) is 0 Å². The predicted molar refractivity (Wildman–Crippen MR) is 73.4 cm³/mol. The summed E-state index contributed by atoms with van der Waals surface area (Å²) in [5.74, 6) is -1.15. The lowest BCUT2D eigenvalue weighted by Crippen LogP contribution is -2.29. The van der Waals surface area contributed by atoms with Crippen LogP contribution in [0.15, 0.2) is 18.2 Å². The van der Waals surface area contributed by atoms with Crippen molar-refractivity contribution in [1.82, 2.24) is 5.32 Å². The first-order valence-electron chi connectivity index (χ1n) is 6.58. The second kappa shape index (κ2) is 7.24. The Morgan fingerprint density at radius 2 is 2.11 bits per heavy atom. The highest BCUT2D eigenvalue weighted by molar-refractivity contribution is 5.70. The van der Waals surface area contributed by atoms with E-state index in [1.54, 1.807) is 12.1 Å². The molecule has 0 saturated carbocycles. The van der Waals surface area contributed by atoms with E-state index in [0.29, 0.717) is 31.0 Å². The van der Waals surface area contributed by atoms with Gasteiger partial charge in [0.25, 0.3) is 0 Å². The summed E-state index contributed by atoms with van der Waals surface area (Å²) in [6.07, 6.45) is 0.624. The smallest absolute Gasteiger partial charge is 0.307 e. The molecule has 0 radical (unpaired) electrons. The minimum absolute atomic E-state index is 0.256. The predicted octanol–water partition coefficient (Wildman–Crippen LogP) is 2.97. The largest absolute Gasteiger partial charge is 0.481 e. The molecular formula is C15H22FNO2. The van der Waals surface area contributed by atoms with Crippen molar-refractivity contribution in [2.24, 2.45) is 11.8 Å². The standard InChI is InChI=1S/C15H22FNO2/c1-10(2)6-13(15(18)19)9-17-8-12-7-11(3)4-5-14(12)16/h4-5,7,10,13,17H,6,8-9H2,1-3H3,(H,18,19). The Labute approximate surface area is 113 Å². The van der Waals surface area contributed by atoms with Crippen LogP contribution in [0.3, 0.4) is 0 Å². The quantitative estimate of drug-likeness (QED) is 0.798. The molecule has 1 unspecified atom stereocenters. The van der Waals surface area contributed by atoms with Crippen LogP contribution in [-0.4, -0.2) is 17.6 Å². The second-order valence-corrected chi connectivity index (χ2v) is 5.39. The molecule has 0 bridgehead atoms. The molecule has 3 nitrogen and oxygen atoms in total. The van der Waals surface area contributed by atoms with E-state index in [1.165, 1.54) is 6.07 Å². The third kappa shape index (κ3) is 5.39. The molecule has 2 N–H and O–H groups in total. The van der Waals surface area contributed by atoms with E-state index in [2.05, 4.69) is 5.32 Å². The average molecular weight is 267 g/mol. The summed E-state index contributed by atoms with van der Waals surface area (Å²) in [5, 5.41) is 12.1. The topological polar surface area (TPSA) is 49.3 Å². The van der Waals surface area contributed by atoms with Crippen LogP contribution in [0.25, 0.3) is 0 Å². The van der Waals surface area contributed by atoms with Crippen LogP contribution < -0.4 is 5.32 Å². The molecule has 0 heterocycles. The van der Waals surface area contributed by atoms with Gasteiger partial charge in [-0.3, -0.25) is 4.79 Å². The molecule has 0 amide bonds. The van der Waals surface area contributed by atoms with Crippen molar-refractivity contribution in [1.29, 1.82) is 0 Å². The maximum Gasteiger partial charge on any atom is 0.307 e. The van der Waals surface area contributed by atoms with Gasteiger partial charge in [-0.05, 0) is 25.3 Å². The Kier molecular flexibility index (Phi) is 5.96. The number of halogens is 1. The van der Waals surface area contributed by atoms with Gasteiger partial charge in [0.2, 0.25) is 0 Å². The van der Waals surface area contributed by atoms with Crippen LogP contribution >= 0.6 is 0 Å². The fraction of sp³-hybridized carbons (Fsp3) is 0.533. The summed E-state index contributed by atoms with van der Waals surface area (Å²) in [4.78, 5) is 11.1. The van der Waals surface area contributed by atoms with Crippen molar-refractivity contribution in [3.63, 3.8) is 0 Å². The molecule has 1 aromatic rings. The van der Waals surface area contributed by atoms with Gasteiger partial charge in [0.05, 0.1) is 5.92 Å². The summed E-state index contributed by atoms with van der Waals surface area (Å²) in [7, 11) is 0. The van der Waals surface area contributed by atoms with E-state index in [9.17, 15) is 9.18 Å². The van der Waals surface area contributed by atoms with Crippen LogP contribution in [0, 0.1) is 24.6 Å². The summed E-state index contributed by atoms with van der Waals surface area (Å²) >= 11 is 0. The number of rotatable bonds is 7. The number of carbonyl (C=O) groups is 1. The summed E-state index contributed by atoms with van der Waals surface area (Å²) in [5.41, 5.74) is 1.57. The number of benzene rings is 1. The van der Waals surface area contributed by atoms with Crippen molar-refractivity contribution in [2.45, 2.75) is 33.7 Å². The number of aliphatic carboxylic acids is 1. The minimum Gasteiger partial charge on any atom is -0.481 e. The van der Waals surface area contributed by atoms with E-state index in [0.717, 1.165) is 5.56 Å². The number of hydrogen-bond donors (Lipinski definition) is 2. The lowest BCUT2D eigenvalue weighted by Gasteiger charge is -2.15. The zero-order valence-electron chi connectivity index (χ0n) is 11.7. The Hall–Kier alpha value is -1.42. The summed E-state index contributed by atoms with van der Waals surface area (Å²) < 4.78 is 13.5. The van der Waals surface area contributed by atoms with Crippen molar-refractivity contribution < 1.29 is 14.3 Å². The maximum absolute atomic E-state index is 13.5. The highest BCUT2D eigenvalue weighted by Crippen LogP contribution is 2.13. The van der Waals surface area contributed by atoms with Crippen LogP contribution in [0.2, 0.25) is 0 Å². The van der Waals surface area contributed by atoms with E-state index < -0.39 is 11.9 Å². The first-order chi connectivity index (χ1) is 8.90. The third-order valence-electron chi connectivity index (χ3n) is 3.01. The van der Waals surface area contributed by atoms with Crippen LogP contribution in [0.1, 0.15) is 31.4 Å². The Morgan fingerprint density at radius 3 is 2.68 bits per heavy atom. The maximum atomic E-state index is 13.5. The third-order valence-corrected chi connectivity index (χ3v) is 3.01. The van der Waals surface area contributed by atoms with Gasteiger partial charge < -0.3 is 10.4 Å². The number of nitrogens with one attached hydrogen (secondary N) is 1. The minimum atomic E-state index is -0.800. The van der Waals surface area contributed by atoms with Crippen LogP contribution in [0.4, 0.5) is 4.39 Å². The van der Waals surface area contributed by atoms with E-state index >= 15 is 0 Å². The molecular weight excluding hydrogens is 245 g/mol. The van der Waals surface area contributed by atoms with Gasteiger partial charge in [-0.25, -0.2) is 4.39 Å². The normalized spacial score (nSPS) is 12.7. The second-order valence-electron chi connectivity index (χ2n) is 5.39. The van der Waals surface area contributed by atoms with Gasteiger partial charge in [-0.15, -0.1) is 0 Å². The van der Waals surface area contributed by atoms with Crippen LogP contribution in [-0.2, 0) is 11.3 Å². The molecule has 19 heavy (non-hydrogen) atoms. The van der Waals surface area contributed by atoms with E-state index in [4.69, 9.17) is 5.11 Å². The first kappa shape index (κ1) is 15.6. The number of carboxylic acids is 1. The van der Waals surface area contributed by atoms with E-state index in [-0.39, 0.29) is 5.82 Å². The van der Waals surface area contributed by atoms with Gasteiger partial charge in [0.15, 0.2) is 0 Å². The number of hydrogen-bond acceptors (Lipinski definition) is 2. The first-order valence-corrected chi connectivity index (χ1v) is 6.58. The molecule has 0 spiro atoms. The molecule has 0 aromatic heterocycles. The molecule has 0 saturated heterocycles. The number of aryl methyl sites for hydroxylation is 1. The zero-order chi connectivity index (χ0) is 14.4. The SMILES string of the molecule is Cc1ccc(F)c(CNCC(CC(C)C)C(=O)O)c1. The fourth-order valence-corrected chi connectivity index (χ4v) is 2.06. The molecule has 1 aromatic carbocycles. The van der Waals surface area contributed by atoms with Crippen molar-refractivity contribution in [3.05, 3.63) is 35.1 Å². The number of carboxylic acid groups (broad SMARTS) is 1. The van der Waals surface area contributed by atoms with Gasteiger partial charge in [-0.1, -0.05) is 31.5 Å². The lowest BCUT2D eigenvalue weighted by atomic mass is 9.97. The van der Waals surface area contributed by atoms with E-state index in [1.807, 2.05) is 20.8 Å². The molecule has 1 rings (SSSR count). The summed E-state index contributed by atoms with van der Waals surface area (Å²) in [6.45, 7) is 6.62. The monoisotopic (exact) mass is 267 g/mol. The van der Waals surface area contributed by atoms with Gasteiger partial charge in [0, 0.05) is 18.7 Å². The van der Waals surface area contributed by atoms with Crippen LogP contribution in [0.5, 0.6) is 0 Å². The average Bonchev–Trinajstić information content (AvgIpc) is 2.31. The fourth-order valence-electron chi connectivity index (χ4n) is 2.06. The van der Waals surface area contributed by atoms with Gasteiger partial charge in [0.1, 0.15) is 5.82 Å². The molecule has 1 atom stereocenters. The molecule has 0 aliphatic heterocycles. The van der Waals surface area contributed by atoms with Gasteiger partial charge >= 0.3 is 5.97 Å². The molecule has 0 aliphatic rings. The Balaban J connectivity index is 2.52. The Morgan fingerprint density at radius 1 is 1.42 bits per heavy atom.